The van der Waals surface area contributed by atoms with Crippen LogP contribution in [0.2, 0.25) is 0 Å². The van der Waals surface area contributed by atoms with Crippen molar-refractivity contribution in [2.45, 2.75) is 26.3 Å². The fourth-order valence-corrected chi connectivity index (χ4v) is 2.88. The highest BCUT2D eigenvalue weighted by Gasteiger charge is 2.03. The molecule has 9 heteroatoms. The normalized spacial score (nSPS) is 11.0. The van der Waals surface area contributed by atoms with Crippen LogP contribution in [0, 0.1) is 0 Å². The van der Waals surface area contributed by atoms with Crippen molar-refractivity contribution in [2.24, 2.45) is 4.99 Å². The molecule has 0 saturated carbocycles. The van der Waals surface area contributed by atoms with Crippen LogP contribution in [0.1, 0.15) is 19.2 Å². The number of guanidine groups is 1. The highest BCUT2D eigenvalue weighted by molar-refractivity contribution is 14.0. The Morgan fingerprint density at radius 1 is 1.21 bits per heavy atom. The van der Waals surface area contributed by atoms with Crippen LogP contribution in [0.15, 0.2) is 41.7 Å². The predicted octanol–water partition coefficient (Wildman–Crippen LogP) is 2.83. The molecule has 2 aromatic rings. The second kappa shape index (κ2) is 15.4. The standard InChI is InChI=1S/C19H30N6OS.HI/c1-3-18-24-23-16-25(18)13-11-21-19(20-10-7-15-27-2)22-12-14-26-17-8-5-4-6-9-17;/h4-6,8-9,16H,3,7,10-15H2,1-2H3,(H2,20,21,22);1H. The number of aryl methyl sites for hydroxylation is 1. The largest absolute Gasteiger partial charge is 0.492 e. The van der Waals surface area contributed by atoms with Crippen LogP contribution in [-0.4, -0.2) is 59.0 Å². The van der Waals surface area contributed by atoms with Gasteiger partial charge in [0.25, 0.3) is 0 Å². The fraction of sp³-hybridized carbons (Fsp3) is 0.526. The van der Waals surface area contributed by atoms with Crippen LogP contribution in [0.5, 0.6) is 5.75 Å². The lowest BCUT2D eigenvalue weighted by molar-refractivity contribution is 0.322. The van der Waals surface area contributed by atoms with E-state index in [2.05, 4.69) is 43.6 Å². The highest BCUT2D eigenvalue weighted by atomic mass is 127. The van der Waals surface area contributed by atoms with Crippen LogP contribution in [0.25, 0.3) is 0 Å². The number of benzene rings is 1. The molecule has 2 N–H and O–H groups in total. The zero-order valence-electron chi connectivity index (χ0n) is 16.6. The van der Waals surface area contributed by atoms with Crippen molar-refractivity contribution in [3.63, 3.8) is 0 Å². The third-order valence-corrected chi connectivity index (χ3v) is 4.54. The Labute approximate surface area is 189 Å². The lowest BCUT2D eigenvalue weighted by Crippen LogP contribution is -2.41. The number of thioether (sulfide) groups is 1. The number of aliphatic imine (C=N–C) groups is 1. The first-order valence-electron chi connectivity index (χ1n) is 9.39. The molecule has 0 aliphatic rings. The molecule has 1 heterocycles. The van der Waals surface area contributed by atoms with E-state index in [-0.39, 0.29) is 24.0 Å². The van der Waals surface area contributed by atoms with E-state index in [1.807, 2.05) is 42.1 Å². The molecule has 0 atom stereocenters. The molecule has 7 nitrogen and oxygen atoms in total. The minimum atomic E-state index is 0. The molecule has 0 aliphatic heterocycles. The molecule has 0 unspecified atom stereocenters. The van der Waals surface area contributed by atoms with E-state index in [1.165, 1.54) is 0 Å². The van der Waals surface area contributed by atoms with Gasteiger partial charge >= 0.3 is 0 Å². The summed E-state index contributed by atoms with van der Waals surface area (Å²) in [6.07, 6.45) is 5.84. The van der Waals surface area contributed by atoms with Gasteiger partial charge in [-0.25, -0.2) is 0 Å². The smallest absolute Gasteiger partial charge is 0.191 e. The summed E-state index contributed by atoms with van der Waals surface area (Å²) in [6, 6.07) is 9.84. The third kappa shape index (κ3) is 9.63. The summed E-state index contributed by atoms with van der Waals surface area (Å²) in [5.74, 6) is 3.82. The summed E-state index contributed by atoms with van der Waals surface area (Å²) in [5.41, 5.74) is 0. The molecule has 0 aliphatic carbocycles. The summed E-state index contributed by atoms with van der Waals surface area (Å²) in [4.78, 5) is 4.65. The van der Waals surface area contributed by atoms with Crippen molar-refractivity contribution in [1.82, 2.24) is 25.4 Å². The summed E-state index contributed by atoms with van der Waals surface area (Å²) < 4.78 is 7.79. The zero-order valence-corrected chi connectivity index (χ0v) is 19.8. The molecular formula is C19H31IN6OS. The monoisotopic (exact) mass is 518 g/mol. The highest BCUT2D eigenvalue weighted by Crippen LogP contribution is 2.07. The summed E-state index contributed by atoms with van der Waals surface area (Å²) >= 11 is 1.85. The van der Waals surface area contributed by atoms with Gasteiger partial charge in [-0.2, -0.15) is 11.8 Å². The van der Waals surface area contributed by atoms with E-state index < -0.39 is 0 Å². The SMILES string of the molecule is CCc1nncn1CCNC(=NCCCSC)NCCOc1ccccc1.I. The van der Waals surface area contributed by atoms with Crippen molar-refractivity contribution >= 4 is 41.7 Å². The van der Waals surface area contributed by atoms with E-state index in [9.17, 15) is 0 Å². The minimum Gasteiger partial charge on any atom is -0.492 e. The maximum atomic E-state index is 5.72. The van der Waals surface area contributed by atoms with Gasteiger partial charge in [-0.05, 0) is 30.6 Å². The number of rotatable bonds is 12. The van der Waals surface area contributed by atoms with Crippen LogP contribution >= 0.6 is 35.7 Å². The molecule has 2 rings (SSSR count). The van der Waals surface area contributed by atoms with E-state index in [4.69, 9.17) is 4.74 Å². The first-order valence-corrected chi connectivity index (χ1v) is 10.8. The lowest BCUT2D eigenvalue weighted by atomic mass is 10.3. The summed E-state index contributed by atoms with van der Waals surface area (Å²) in [7, 11) is 0. The molecule has 0 radical (unpaired) electrons. The topological polar surface area (TPSA) is 76.4 Å². The number of halogens is 1. The Hall–Kier alpha value is -1.49. The molecule has 0 saturated heterocycles. The van der Waals surface area contributed by atoms with Crippen LogP contribution in [0.4, 0.5) is 0 Å². The lowest BCUT2D eigenvalue weighted by Gasteiger charge is -2.14. The molecule has 0 amide bonds. The van der Waals surface area contributed by atoms with Crippen molar-refractivity contribution in [2.75, 3.05) is 38.2 Å². The van der Waals surface area contributed by atoms with Gasteiger partial charge in [-0.1, -0.05) is 25.1 Å². The fourth-order valence-electron chi connectivity index (χ4n) is 2.46. The summed E-state index contributed by atoms with van der Waals surface area (Å²) in [6.45, 7) is 5.74. The van der Waals surface area contributed by atoms with Crippen LogP contribution < -0.4 is 15.4 Å². The van der Waals surface area contributed by atoms with Gasteiger partial charge in [0.1, 0.15) is 24.5 Å². The molecule has 0 bridgehead atoms. The number of aromatic nitrogens is 3. The number of hydrogen-bond donors (Lipinski definition) is 2. The molecule has 28 heavy (non-hydrogen) atoms. The average Bonchev–Trinajstić information content (AvgIpc) is 3.16. The van der Waals surface area contributed by atoms with E-state index in [0.29, 0.717) is 13.2 Å². The first-order chi connectivity index (χ1) is 13.3. The average molecular weight is 518 g/mol. The second-order valence-corrected chi connectivity index (χ2v) is 6.87. The van der Waals surface area contributed by atoms with Gasteiger partial charge in [0, 0.05) is 26.1 Å². The Morgan fingerprint density at radius 2 is 2.00 bits per heavy atom. The second-order valence-electron chi connectivity index (χ2n) is 5.89. The molecule has 156 valence electrons. The van der Waals surface area contributed by atoms with Gasteiger partial charge < -0.3 is 19.9 Å². The predicted molar refractivity (Wildman–Crippen MR) is 128 cm³/mol. The minimum absolute atomic E-state index is 0. The molecular weight excluding hydrogens is 487 g/mol. The molecule has 0 spiro atoms. The molecule has 1 aromatic heterocycles. The number of hydrogen-bond acceptors (Lipinski definition) is 5. The van der Waals surface area contributed by atoms with Gasteiger partial charge in [-0.15, -0.1) is 34.2 Å². The van der Waals surface area contributed by atoms with Crippen molar-refractivity contribution in [1.29, 1.82) is 0 Å². The number of nitrogens with zero attached hydrogens (tertiary/aromatic N) is 4. The quantitative estimate of drug-likeness (QED) is 0.195. The molecule has 0 fully saturated rings. The van der Waals surface area contributed by atoms with Crippen molar-refractivity contribution in [3.8, 4) is 5.75 Å². The zero-order chi connectivity index (χ0) is 19.2. The van der Waals surface area contributed by atoms with E-state index in [0.717, 1.165) is 55.8 Å². The first kappa shape index (κ1) is 24.5. The van der Waals surface area contributed by atoms with Crippen LogP contribution in [0.3, 0.4) is 0 Å². The number of ether oxygens (including phenoxy) is 1. The maximum absolute atomic E-state index is 5.72. The Bertz CT molecular complexity index is 667. The number of nitrogens with one attached hydrogen (secondary N) is 2. The van der Waals surface area contributed by atoms with Crippen molar-refractivity contribution in [3.05, 3.63) is 42.5 Å². The van der Waals surface area contributed by atoms with Crippen molar-refractivity contribution < 1.29 is 4.74 Å². The Morgan fingerprint density at radius 3 is 2.75 bits per heavy atom. The van der Waals surface area contributed by atoms with Gasteiger partial charge in [0.05, 0.1) is 6.54 Å². The van der Waals surface area contributed by atoms with E-state index in [1.54, 1.807) is 6.33 Å². The maximum Gasteiger partial charge on any atom is 0.191 e. The van der Waals surface area contributed by atoms with Gasteiger partial charge in [0.2, 0.25) is 0 Å². The van der Waals surface area contributed by atoms with E-state index >= 15 is 0 Å². The van der Waals surface area contributed by atoms with Crippen LogP contribution in [-0.2, 0) is 13.0 Å². The summed E-state index contributed by atoms with van der Waals surface area (Å²) in [5, 5.41) is 14.8. The van der Waals surface area contributed by atoms with Gasteiger partial charge in [-0.3, -0.25) is 4.99 Å². The molecule has 1 aromatic carbocycles. The van der Waals surface area contributed by atoms with Gasteiger partial charge in [0.15, 0.2) is 5.96 Å². The number of para-hydroxylation sites is 1. The third-order valence-electron chi connectivity index (χ3n) is 3.84. The Balaban J connectivity index is 0.00000392. The Kier molecular flexibility index (Phi) is 13.5.